The SMILES string of the molecule is CC(=O)Nc1cccc(-c2cnn(CC(F)(F)F)c2)c1-c1cc(N2CC[C@@](C#N)(C3CC3)C2=O)ccn1. The number of aromatic nitrogens is 3. The van der Waals surface area contributed by atoms with Crippen LogP contribution in [0.15, 0.2) is 48.9 Å². The molecule has 0 radical (unpaired) electrons. The predicted octanol–water partition coefficient (Wildman–Crippen LogP) is 4.79. The highest BCUT2D eigenvalue weighted by molar-refractivity contribution is 6.03. The van der Waals surface area contributed by atoms with E-state index in [4.69, 9.17) is 0 Å². The maximum absolute atomic E-state index is 13.3. The van der Waals surface area contributed by atoms with Crippen molar-refractivity contribution in [1.29, 1.82) is 5.26 Å². The van der Waals surface area contributed by atoms with E-state index >= 15 is 0 Å². The number of carbonyl (C=O) groups is 2. The minimum Gasteiger partial charge on any atom is -0.326 e. The van der Waals surface area contributed by atoms with Crippen molar-refractivity contribution in [2.45, 2.75) is 38.9 Å². The monoisotopic (exact) mass is 508 g/mol. The lowest BCUT2D eigenvalue weighted by Crippen LogP contribution is -2.35. The molecule has 1 N–H and O–H groups in total. The number of nitriles is 1. The molecule has 1 aromatic carbocycles. The fourth-order valence-electron chi connectivity index (χ4n) is 4.99. The first-order chi connectivity index (χ1) is 17.6. The molecule has 5 rings (SSSR count). The average molecular weight is 509 g/mol. The molecule has 0 unspecified atom stereocenters. The second-order valence-electron chi connectivity index (χ2n) is 9.41. The van der Waals surface area contributed by atoms with E-state index in [-0.39, 0.29) is 17.7 Å². The largest absolute Gasteiger partial charge is 0.408 e. The van der Waals surface area contributed by atoms with Crippen LogP contribution in [0.2, 0.25) is 0 Å². The minimum absolute atomic E-state index is 0.0802. The van der Waals surface area contributed by atoms with E-state index in [0.29, 0.717) is 46.7 Å². The van der Waals surface area contributed by atoms with Crippen LogP contribution in [0.4, 0.5) is 24.5 Å². The number of amides is 2. The highest BCUT2D eigenvalue weighted by Crippen LogP contribution is 2.52. The number of alkyl halides is 3. The fourth-order valence-corrected chi connectivity index (χ4v) is 4.99. The molecular weight excluding hydrogens is 485 g/mol. The van der Waals surface area contributed by atoms with Crippen LogP contribution in [0.25, 0.3) is 22.4 Å². The van der Waals surface area contributed by atoms with Crippen LogP contribution in [0.1, 0.15) is 26.2 Å². The lowest BCUT2D eigenvalue weighted by molar-refractivity contribution is -0.142. The lowest BCUT2D eigenvalue weighted by atomic mass is 9.83. The molecule has 8 nitrogen and oxygen atoms in total. The number of anilines is 2. The van der Waals surface area contributed by atoms with Gasteiger partial charge in [-0.1, -0.05) is 12.1 Å². The Bertz CT molecular complexity index is 1420. The molecule has 1 aliphatic heterocycles. The number of pyridine rings is 1. The van der Waals surface area contributed by atoms with Crippen LogP contribution in [0.5, 0.6) is 0 Å². The zero-order chi connectivity index (χ0) is 26.4. The van der Waals surface area contributed by atoms with Gasteiger partial charge in [0, 0.05) is 42.7 Å². The molecule has 0 spiro atoms. The Hall–Kier alpha value is -4.20. The van der Waals surface area contributed by atoms with Crippen molar-refractivity contribution in [1.82, 2.24) is 14.8 Å². The summed E-state index contributed by atoms with van der Waals surface area (Å²) in [6.45, 7) is 0.515. The van der Waals surface area contributed by atoms with Crippen LogP contribution >= 0.6 is 0 Å². The molecule has 1 aliphatic carbocycles. The summed E-state index contributed by atoms with van der Waals surface area (Å²) in [6.07, 6.45) is 1.90. The van der Waals surface area contributed by atoms with Crippen molar-refractivity contribution in [3.8, 4) is 28.5 Å². The molecule has 2 fully saturated rings. The van der Waals surface area contributed by atoms with Gasteiger partial charge in [0.2, 0.25) is 11.8 Å². The van der Waals surface area contributed by atoms with E-state index in [2.05, 4.69) is 21.5 Å². The van der Waals surface area contributed by atoms with Crippen LogP contribution in [0.3, 0.4) is 0 Å². The van der Waals surface area contributed by atoms with Gasteiger partial charge in [-0.05, 0) is 48.9 Å². The summed E-state index contributed by atoms with van der Waals surface area (Å²) in [5.74, 6) is -0.477. The summed E-state index contributed by atoms with van der Waals surface area (Å²) < 4.78 is 39.5. The first kappa shape index (κ1) is 24.5. The van der Waals surface area contributed by atoms with Crippen molar-refractivity contribution in [3.63, 3.8) is 0 Å². The number of halogens is 3. The summed E-state index contributed by atoms with van der Waals surface area (Å²) in [4.78, 5) is 31.3. The maximum atomic E-state index is 13.3. The Labute approximate surface area is 210 Å². The molecular formula is C26H23F3N6O2. The third kappa shape index (κ3) is 4.67. The van der Waals surface area contributed by atoms with Gasteiger partial charge in [0.25, 0.3) is 0 Å². The Balaban J connectivity index is 1.57. The van der Waals surface area contributed by atoms with Gasteiger partial charge >= 0.3 is 6.18 Å². The number of benzene rings is 1. The molecule has 3 heterocycles. The van der Waals surface area contributed by atoms with Crippen molar-refractivity contribution in [3.05, 3.63) is 48.9 Å². The number of carbonyl (C=O) groups excluding carboxylic acids is 2. The Morgan fingerprint density at radius 2 is 2.08 bits per heavy atom. The first-order valence-corrected chi connectivity index (χ1v) is 11.8. The third-order valence-electron chi connectivity index (χ3n) is 6.80. The maximum Gasteiger partial charge on any atom is 0.408 e. The third-order valence-corrected chi connectivity index (χ3v) is 6.80. The summed E-state index contributed by atoms with van der Waals surface area (Å²) >= 11 is 0. The molecule has 37 heavy (non-hydrogen) atoms. The Kier molecular flexibility index (Phi) is 5.98. The minimum atomic E-state index is -4.43. The topological polar surface area (TPSA) is 104 Å². The van der Waals surface area contributed by atoms with Crippen LogP contribution in [-0.4, -0.2) is 39.3 Å². The number of nitrogens with zero attached hydrogens (tertiary/aromatic N) is 5. The summed E-state index contributed by atoms with van der Waals surface area (Å²) in [5, 5.41) is 16.4. The molecule has 2 amide bonds. The summed E-state index contributed by atoms with van der Waals surface area (Å²) in [5.41, 5.74) is 1.78. The molecule has 190 valence electrons. The second kappa shape index (κ2) is 9.03. The zero-order valence-corrected chi connectivity index (χ0v) is 19.9. The molecule has 1 saturated carbocycles. The van der Waals surface area contributed by atoms with E-state index < -0.39 is 18.1 Å². The number of rotatable bonds is 6. The van der Waals surface area contributed by atoms with Crippen LogP contribution in [0, 0.1) is 22.7 Å². The van der Waals surface area contributed by atoms with E-state index in [1.807, 2.05) is 0 Å². The number of hydrogen-bond donors (Lipinski definition) is 1. The molecule has 11 heteroatoms. The van der Waals surface area contributed by atoms with E-state index in [1.165, 1.54) is 25.5 Å². The smallest absolute Gasteiger partial charge is 0.326 e. The van der Waals surface area contributed by atoms with Crippen LogP contribution in [-0.2, 0) is 16.1 Å². The fraction of sp³-hybridized carbons (Fsp3) is 0.346. The molecule has 1 atom stereocenters. The van der Waals surface area contributed by atoms with Gasteiger partial charge in [-0.15, -0.1) is 0 Å². The number of hydrogen-bond acceptors (Lipinski definition) is 5. The highest BCUT2D eigenvalue weighted by atomic mass is 19.4. The van der Waals surface area contributed by atoms with E-state index in [0.717, 1.165) is 17.5 Å². The molecule has 3 aromatic rings. The Morgan fingerprint density at radius 1 is 1.30 bits per heavy atom. The number of nitrogens with one attached hydrogen (secondary N) is 1. The van der Waals surface area contributed by atoms with Gasteiger partial charge in [-0.25, -0.2) is 0 Å². The van der Waals surface area contributed by atoms with Crippen molar-refractivity contribution in [2.24, 2.45) is 11.3 Å². The van der Waals surface area contributed by atoms with Crippen molar-refractivity contribution in [2.75, 3.05) is 16.8 Å². The second-order valence-corrected chi connectivity index (χ2v) is 9.41. The van der Waals surface area contributed by atoms with Gasteiger partial charge in [-0.3, -0.25) is 19.3 Å². The molecule has 1 saturated heterocycles. The zero-order valence-electron chi connectivity index (χ0n) is 19.9. The normalized spacial score (nSPS) is 19.6. The van der Waals surface area contributed by atoms with Crippen LogP contribution < -0.4 is 10.2 Å². The standard InChI is InChI=1S/C26H23F3N6O2/c1-16(36)33-21-4-2-3-20(17-12-32-34(13-17)15-26(27,28)29)23(21)22-11-19(7-9-31-22)35-10-8-25(14-30,24(35)37)18-5-6-18/h2-4,7,9,11-13,18H,5-6,8,10,15H2,1H3,(H,33,36)/t25-/m1/s1. The Morgan fingerprint density at radius 3 is 2.76 bits per heavy atom. The highest BCUT2D eigenvalue weighted by Gasteiger charge is 2.56. The first-order valence-electron chi connectivity index (χ1n) is 11.8. The van der Waals surface area contributed by atoms with Gasteiger partial charge in [-0.2, -0.15) is 23.5 Å². The average Bonchev–Trinajstić information content (AvgIpc) is 3.51. The summed E-state index contributed by atoms with van der Waals surface area (Å²) in [6, 6.07) is 10.7. The molecule has 2 aliphatic rings. The summed E-state index contributed by atoms with van der Waals surface area (Å²) in [7, 11) is 0. The van der Waals surface area contributed by atoms with Gasteiger partial charge in [0.15, 0.2) is 0 Å². The van der Waals surface area contributed by atoms with Crippen molar-refractivity contribution >= 4 is 23.2 Å². The van der Waals surface area contributed by atoms with Gasteiger partial charge in [0.1, 0.15) is 12.0 Å². The lowest BCUT2D eigenvalue weighted by Gasteiger charge is -2.22. The molecule has 2 aromatic heterocycles. The quantitative estimate of drug-likeness (QED) is 0.516. The predicted molar refractivity (Wildman–Crippen MR) is 129 cm³/mol. The molecule has 0 bridgehead atoms. The van der Waals surface area contributed by atoms with E-state index in [1.54, 1.807) is 35.2 Å². The van der Waals surface area contributed by atoms with Gasteiger partial charge < -0.3 is 10.2 Å². The van der Waals surface area contributed by atoms with E-state index in [9.17, 15) is 28.0 Å². The van der Waals surface area contributed by atoms with Gasteiger partial charge in [0.05, 0.1) is 23.6 Å². The van der Waals surface area contributed by atoms with Crippen molar-refractivity contribution < 1.29 is 22.8 Å².